The maximum absolute atomic E-state index is 13.0. The zero-order valence-electron chi connectivity index (χ0n) is 7.38. The number of terminal acetylenes is 1. The molecule has 0 aliphatic carbocycles. The van der Waals surface area contributed by atoms with Crippen LogP contribution in [0.1, 0.15) is 6.42 Å². The highest BCUT2D eigenvalue weighted by atomic mass is 19.1. The van der Waals surface area contributed by atoms with Gasteiger partial charge in [-0.15, -0.1) is 6.42 Å². The lowest BCUT2D eigenvalue weighted by atomic mass is 10.2. The standard InChI is InChI=1S/C10H9FN2O/c1-2-3-10(14)13-9-6-7(12)4-5-8(9)11/h1,4-6H,3,12H2,(H,13,14). The minimum Gasteiger partial charge on any atom is -0.399 e. The van der Waals surface area contributed by atoms with Crippen molar-refractivity contribution in [3.05, 3.63) is 24.0 Å². The van der Waals surface area contributed by atoms with Gasteiger partial charge in [-0.3, -0.25) is 4.79 Å². The summed E-state index contributed by atoms with van der Waals surface area (Å²) in [4.78, 5) is 11.0. The van der Waals surface area contributed by atoms with E-state index in [1.165, 1.54) is 18.2 Å². The van der Waals surface area contributed by atoms with Gasteiger partial charge in [0.05, 0.1) is 12.1 Å². The molecule has 3 nitrogen and oxygen atoms in total. The predicted octanol–water partition coefficient (Wildman–Crippen LogP) is 1.37. The van der Waals surface area contributed by atoms with E-state index in [-0.39, 0.29) is 12.1 Å². The van der Waals surface area contributed by atoms with Crippen molar-refractivity contribution in [3.63, 3.8) is 0 Å². The summed E-state index contributed by atoms with van der Waals surface area (Å²) in [5.41, 5.74) is 5.84. The molecular formula is C10H9FN2O. The molecule has 0 spiro atoms. The maximum atomic E-state index is 13.0. The number of amides is 1. The highest BCUT2D eigenvalue weighted by molar-refractivity contribution is 5.92. The lowest BCUT2D eigenvalue weighted by Gasteiger charge is -2.04. The Bertz CT molecular complexity index is 396. The summed E-state index contributed by atoms with van der Waals surface area (Å²) in [6.45, 7) is 0. The molecule has 0 saturated heterocycles. The Kier molecular flexibility index (Phi) is 3.08. The van der Waals surface area contributed by atoms with Crippen LogP contribution in [0.2, 0.25) is 0 Å². The van der Waals surface area contributed by atoms with Crippen LogP contribution in [-0.2, 0) is 4.79 Å². The van der Waals surface area contributed by atoms with Crippen LogP contribution in [0.4, 0.5) is 15.8 Å². The molecule has 0 unspecified atom stereocenters. The first kappa shape index (κ1) is 10.1. The van der Waals surface area contributed by atoms with Crippen molar-refractivity contribution >= 4 is 17.3 Å². The molecule has 0 atom stereocenters. The average molecular weight is 192 g/mol. The van der Waals surface area contributed by atoms with Crippen molar-refractivity contribution in [2.75, 3.05) is 11.1 Å². The second-order valence-electron chi connectivity index (χ2n) is 2.67. The van der Waals surface area contributed by atoms with E-state index in [1.54, 1.807) is 0 Å². The third-order valence-corrected chi connectivity index (χ3v) is 1.53. The van der Waals surface area contributed by atoms with Crippen LogP contribution >= 0.6 is 0 Å². The van der Waals surface area contributed by atoms with Gasteiger partial charge >= 0.3 is 0 Å². The molecule has 0 radical (unpaired) electrons. The summed E-state index contributed by atoms with van der Waals surface area (Å²) in [6, 6.07) is 3.93. The zero-order valence-corrected chi connectivity index (χ0v) is 7.38. The van der Waals surface area contributed by atoms with Gasteiger partial charge in [-0.1, -0.05) is 5.92 Å². The summed E-state index contributed by atoms with van der Waals surface area (Å²) in [5, 5.41) is 2.32. The Morgan fingerprint density at radius 3 is 3.00 bits per heavy atom. The topological polar surface area (TPSA) is 55.1 Å². The summed E-state index contributed by atoms with van der Waals surface area (Å²) >= 11 is 0. The van der Waals surface area contributed by atoms with Crippen molar-refractivity contribution in [1.82, 2.24) is 0 Å². The number of hydrogen-bond donors (Lipinski definition) is 2. The molecule has 1 amide bonds. The number of carbonyl (C=O) groups excluding carboxylic acids is 1. The number of carbonyl (C=O) groups is 1. The lowest BCUT2D eigenvalue weighted by molar-refractivity contribution is -0.115. The largest absolute Gasteiger partial charge is 0.399 e. The van der Waals surface area contributed by atoms with Crippen LogP contribution in [0.15, 0.2) is 18.2 Å². The fraction of sp³-hybridized carbons (Fsp3) is 0.100. The molecule has 0 aliphatic rings. The molecular weight excluding hydrogens is 183 g/mol. The quantitative estimate of drug-likeness (QED) is 0.549. The second kappa shape index (κ2) is 4.28. The molecule has 1 rings (SSSR count). The summed E-state index contributed by atoms with van der Waals surface area (Å²) in [5.74, 6) is 1.19. The van der Waals surface area contributed by atoms with Gasteiger partial charge in [-0.2, -0.15) is 0 Å². The third kappa shape index (κ3) is 2.49. The molecule has 4 heteroatoms. The van der Waals surface area contributed by atoms with Crippen molar-refractivity contribution in [2.45, 2.75) is 6.42 Å². The SMILES string of the molecule is C#CCC(=O)Nc1cc(N)ccc1F. The van der Waals surface area contributed by atoms with Crippen LogP contribution in [0.5, 0.6) is 0 Å². The Labute approximate surface area is 81.1 Å². The Morgan fingerprint density at radius 1 is 1.64 bits per heavy atom. The molecule has 1 aromatic rings. The van der Waals surface area contributed by atoms with Crippen LogP contribution in [0.3, 0.4) is 0 Å². The Morgan fingerprint density at radius 2 is 2.36 bits per heavy atom. The fourth-order valence-corrected chi connectivity index (χ4v) is 0.926. The number of nitrogen functional groups attached to an aromatic ring is 1. The van der Waals surface area contributed by atoms with Gasteiger partial charge in [0.25, 0.3) is 0 Å². The number of hydrogen-bond acceptors (Lipinski definition) is 2. The smallest absolute Gasteiger partial charge is 0.236 e. The van der Waals surface area contributed by atoms with Gasteiger partial charge in [0.1, 0.15) is 5.82 Å². The van der Waals surface area contributed by atoms with Crippen LogP contribution in [-0.4, -0.2) is 5.91 Å². The molecule has 0 heterocycles. The summed E-state index contributed by atoms with van der Waals surface area (Å²) in [6.07, 6.45) is 4.83. The van der Waals surface area contributed by atoms with E-state index in [9.17, 15) is 9.18 Å². The van der Waals surface area contributed by atoms with Gasteiger partial charge in [-0.25, -0.2) is 4.39 Å². The zero-order chi connectivity index (χ0) is 10.6. The van der Waals surface area contributed by atoms with Gasteiger partial charge in [-0.05, 0) is 18.2 Å². The van der Waals surface area contributed by atoms with Gasteiger partial charge in [0, 0.05) is 5.69 Å². The summed E-state index contributed by atoms with van der Waals surface area (Å²) < 4.78 is 13.0. The molecule has 0 bridgehead atoms. The molecule has 0 aromatic heterocycles. The lowest BCUT2D eigenvalue weighted by Crippen LogP contribution is -2.11. The Balaban J connectivity index is 2.81. The molecule has 0 aliphatic heterocycles. The van der Waals surface area contributed by atoms with Crippen molar-refractivity contribution in [3.8, 4) is 12.3 Å². The average Bonchev–Trinajstić information content (AvgIpc) is 2.12. The normalized spacial score (nSPS) is 9.14. The van der Waals surface area contributed by atoms with E-state index in [0.717, 1.165) is 0 Å². The molecule has 1 aromatic carbocycles. The fourth-order valence-electron chi connectivity index (χ4n) is 0.926. The van der Waals surface area contributed by atoms with E-state index < -0.39 is 11.7 Å². The first-order valence-electron chi connectivity index (χ1n) is 3.92. The number of benzene rings is 1. The van der Waals surface area contributed by atoms with Crippen LogP contribution < -0.4 is 11.1 Å². The van der Waals surface area contributed by atoms with Gasteiger partial charge in [0.2, 0.25) is 5.91 Å². The van der Waals surface area contributed by atoms with Gasteiger partial charge in [0.15, 0.2) is 0 Å². The highest BCUT2D eigenvalue weighted by Gasteiger charge is 2.05. The number of nitrogens with two attached hydrogens (primary N) is 1. The number of halogens is 1. The van der Waals surface area contributed by atoms with E-state index in [2.05, 4.69) is 11.2 Å². The molecule has 0 fully saturated rings. The predicted molar refractivity (Wildman–Crippen MR) is 52.9 cm³/mol. The van der Waals surface area contributed by atoms with Crippen LogP contribution in [0, 0.1) is 18.2 Å². The minimum absolute atomic E-state index is 0.0465. The number of rotatable bonds is 2. The third-order valence-electron chi connectivity index (χ3n) is 1.53. The summed E-state index contributed by atoms with van der Waals surface area (Å²) in [7, 11) is 0. The first-order valence-corrected chi connectivity index (χ1v) is 3.92. The molecule has 0 saturated carbocycles. The van der Waals surface area contributed by atoms with E-state index in [4.69, 9.17) is 12.2 Å². The number of nitrogens with one attached hydrogen (secondary N) is 1. The van der Waals surface area contributed by atoms with Crippen molar-refractivity contribution in [2.24, 2.45) is 0 Å². The van der Waals surface area contributed by atoms with Crippen molar-refractivity contribution < 1.29 is 9.18 Å². The van der Waals surface area contributed by atoms with Crippen LogP contribution in [0.25, 0.3) is 0 Å². The first-order chi connectivity index (χ1) is 6.63. The monoisotopic (exact) mass is 192 g/mol. The molecule has 3 N–H and O–H groups in total. The Hall–Kier alpha value is -2.02. The minimum atomic E-state index is -0.537. The van der Waals surface area contributed by atoms with E-state index in [0.29, 0.717) is 5.69 Å². The van der Waals surface area contributed by atoms with E-state index >= 15 is 0 Å². The van der Waals surface area contributed by atoms with Gasteiger partial charge < -0.3 is 11.1 Å². The number of anilines is 2. The highest BCUT2D eigenvalue weighted by Crippen LogP contribution is 2.17. The molecule has 14 heavy (non-hydrogen) atoms. The van der Waals surface area contributed by atoms with E-state index in [1.807, 2.05) is 0 Å². The van der Waals surface area contributed by atoms with Crippen molar-refractivity contribution in [1.29, 1.82) is 0 Å². The molecule has 72 valence electrons. The maximum Gasteiger partial charge on any atom is 0.236 e. The second-order valence-corrected chi connectivity index (χ2v) is 2.67.